The van der Waals surface area contributed by atoms with Crippen LogP contribution in [0.2, 0.25) is 5.02 Å². The van der Waals surface area contributed by atoms with Crippen LogP contribution in [0.3, 0.4) is 0 Å². The molecule has 1 heterocycles. The molecule has 0 fully saturated rings. The fraction of sp³-hybridized carbons (Fsp3) is 0.357. The van der Waals surface area contributed by atoms with Crippen molar-refractivity contribution in [3.05, 3.63) is 52.8 Å². The van der Waals surface area contributed by atoms with Gasteiger partial charge in [0.15, 0.2) is 0 Å². The van der Waals surface area contributed by atoms with E-state index in [1.165, 1.54) is 12.1 Å². The van der Waals surface area contributed by atoms with E-state index in [9.17, 15) is 4.39 Å². The van der Waals surface area contributed by atoms with Gasteiger partial charge >= 0.3 is 0 Å². The lowest BCUT2D eigenvalue weighted by Gasteiger charge is -2.18. The van der Waals surface area contributed by atoms with Gasteiger partial charge in [-0.2, -0.15) is 0 Å². The molecule has 1 aromatic heterocycles. The number of hydrogen-bond acceptors (Lipinski definition) is 3. The monoisotopic (exact) mass is 296 g/mol. The summed E-state index contributed by atoms with van der Waals surface area (Å²) in [5, 5.41) is 0.363. The Kier molecular flexibility index (Phi) is 5.11. The normalized spacial score (nSPS) is 12.6. The van der Waals surface area contributed by atoms with Crippen molar-refractivity contribution in [1.82, 2.24) is 15.0 Å². The van der Waals surface area contributed by atoms with E-state index >= 15 is 0 Å². The number of hydrogen-bond donors (Lipinski definition) is 2. The molecule has 0 saturated heterocycles. The molecule has 1 atom stereocenters. The Hall–Kier alpha value is -1.43. The first-order chi connectivity index (χ1) is 9.65. The Bertz CT molecular complexity index is 570. The molecule has 0 radical (unpaired) electrons. The molecule has 0 aliphatic rings. The van der Waals surface area contributed by atoms with Gasteiger partial charge in [0, 0.05) is 30.4 Å². The van der Waals surface area contributed by atoms with E-state index in [4.69, 9.17) is 17.4 Å². The van der Waals surface area contributed by atoms with Crippen molar-refractivity contribution in [2.75, 3.05) is 0 Å². The molecule has 0 spiro atoms. The van der Waals surface area contributed by atoms with E-state index in [1.54, 1.807) is 12.3 Å². The third-order valence-corrected chi connectivity index (χ3v) is 3.52. The molecule has 3 N–H and O–H groups in total. The molecule has 4 nitrogen and oxygen atoms in total. The number of nitrogens with zero attached hydrogens (tertiary/aromatic N) is 2. The van der Waals surface area contributed by atoms with Crippen molar-refractivity contribution < 1.29 is 4.39 Å². The number of benzene rings is 1. The molecule has 1 unspecified atom stereocenters. The van der Waals surface area contributed by atoms with Gasteiger partial charge in [0.05, 0.1) is 6.04 Å². The minimum Gasteiger partial charge on any atom is -0.335 e. The van der Waals surface area contributed by atoms with Gasteiger partial charge in [0.2, 0.25) is 0 Å². The van der Waals surface area contributed by atoms with Crippen molar-refractivity contribution in [1.29, 1.82) is 0 Å². The van der Waals surface area contributed by atoms with E-state index < -0.39 is 0 Å². The Morgan fingerprint density at radius 2 is 2.30 bits per heavy atom. The number of halogens is 2. The molecule has 20 heavy (non-hydrogen) atoms. The second-order valence-electron chi connectivity index (χ2n) is 4.63. The smallest absolute Gasteiger partial charge is 0.124 e. The summed E-state index contributed by atoms with van der Waals surface area (Å²) in [6.45, 7) is 3.02. The first-order valence-corrected chi connectivity index (χ1v) is 6.94. The maximum Gasteiger partial charge on any atom is 0.124 e. The summed E-state index contributed by atoms with van der Waals surface area (Å²) in [5.74, 6) is 6.18. The standard InChI is InChI=1S/C14H18ClFN4/c1-2-6-20-7-5-18-14(20)9-13(19-17)11-4-3-10(16)8-12(11)15/h3-5,7-8,13,19H,2,6,9,17H2,1H3. The number of imidazole rings is 1. The predicted octanol–water partition coefficient (Wildman–Crippen LogP) is 2.83. The minimum atomic E-state index is -0.359. The molecule has 0 amide bonds. The van der Waals surface area contributed by atoms with Crippen LogP contribution >= 0.6 is 11.6 Å². The average Bonchev–Trinajstić information content (AvgIpc) is 2.84. The maximum atomic E-state index is 13.1. The number of hydrazine groups is 1. The van der Waals surface area contributed by atoms with E-state index in [0.29, 0.717) is 11.4 Å². The second-order valence-corrected chi connectivity index (χ2v) is 5.03. The van der Waals surface area contributed by atoms with Crippen molar-refractivity contribution in [2.45, 2.75) is 32.4 Å². The zero-order valence-electron chi connectivity index (χ0n) is 11.3. The molecule has 0 saturated carbocycles. The molecular weight excluding hydrogens is 279 g/mol. The van der Waals surface area contributed by atoms with Crippen LogP contribution in [0.25, 0.3) is 0 Å². The summed E-state index contributed by atoms with van der Waals surface area (Å²) in [4.78, 5) is 4.35. The van der Waals surface area contributed by atoms with Crippen molar-refractivity contribution >= 4 is 11.6 Å². The van der Waals surface area contributed by atoms with E-state index in [2.05, 4.69) is 21.9 Å². The summed E-state index contributed by atoms with van der Waals surface area (Å²) in [7, 11) is 0. The lowest BCUT2D eigenvalue weighted by atomic mass is 10.0. The Morgan fingerprint density at radius 1 is 1.50 bits per heavy atom. The summed E-state index contributed by atoms with van der Waals surface area (Å²) < 4.78 is 15.2. The molecule has 108 valence electrons. The first-order valence-electron chi connectivity index (χ1n) is 6.56. The number of rotatable bonds is 6. The van der Waals surface area contributed by atoms with Crippen LogP contribution in [0, 0.1) is 5.82 Å². The summed E-state index contributed by atoms with van der Waals surface area (Å²) in [5.41, 5.74) is 3.49. The predicted molar refractivity (Wildman–Crippen MR) is 77.7 cm³/mol. The first kappa shape index (κ1) is 15.0. The highest BCUT2D eigenvalue weighted by atomic mass is 35.5. The number of nitrogens with one attached hydrogen (secondary N) is 1. The fourth-order valence-corrected chi connectivity index (χ4v) is 2.50. The van der Waals surface area contributed by atoms with Crippen molar-refractivity contribution in [3.8, 4) is 0 Å². The van der Waals surface area contributed by atoms with Crippen LogP contribution in [0.5, 0.6) is 0 Å². The van der Waals surface area contributed by atoms with Crippen LogP contribution in [0.1, 0.15) is 30.8 Å². The SMILES string of the molecule is CCCn1ccnc1CC(NN)c1ccc(F)cc1Cl. The van der Waals surface area contributed by atoms with Crippen LogP contribution in [0.4, 0.5) is 4.39 Å². The van der Waals surface area contributed by atoms with Crippen LogP contribution in [0.15, 0.2) is 30.6 Å². The molecule has 6 heteroatoms. The molecular formula is C14H18ClFN4. The van der Waals surface area contributed by atoms with Gasteiger partial charge in [0.25, 0.3) is 0 Å². The summed E-state index contributed by atoms with van der Waals surface area (Å²) in [6, 6.07) is 4.11. The maximum absolute atomic E-state index is 13.1. The largest absolute Gasteiger partial charge is 0.335 e. The number of aryl methyl sites for hydroxylation is 1. The minimum absolute atomic E-state index is 0.207. The van der Waals surface area contributed by atoms with Gasteiger partial charge in [-0.05, 0) is 24.1 Å². The van der Waals surface area contributed by atoms with E-state index in [0.717, 1.165) is 24.4 Å². The highest BCUT2D eigenvalue weighted by Crippen LogP contribution is 2.25. The molecule has 2 rings (SSSR count). The van der Waals surface area contributed by atoms with Gasteiger partial charge in [-0.1, -0.05) is 24.6 Å². The number of aromatic nitrogens is 2. The lowest BCUT2D eigenvalue weighted by Crippen LogP contribution is -2.30. The van der Waals surface area contributed by atoms with E-state index in [1.807, 2.05) is 6.20 Å². The Labute approximate surface area is 122 Å². The second kappa shape index (κ2) is 6.83. The fourth-order valence-electron chi connectivity index (χ4n) is 2.20. The quantitative estimate of drug-likeness (QED) is 0.636. The van der Waals surface area contributed by atoms with Crippen LogP contribution in [-0.4, -0.2) is 9.55 Å². The topological polar surface area (TPSA) is 55.9 Å². The molecule has 0 aliphatic carbocycles. The summed E-state index contributed by atoms with van der Waals surface area (Å²) in [6.07, 6.45) is 5.33. The lowest BCUT2D eigenvalue weighted by molar-refractivity contribution is 0.516. The Morgan fingerprint density at radius 3 is 2.95 bits per heavy atom. The molecule has 2 aromatic rings. The third-order valence-electron chi connectivity index (χ3n) is 3.19. The average molecular weight is 297 g/mol. The zero-order chi connectivity index (χ0) is 14.5. The highest BCUT2D eigenvalue weighted by molar-refractivity contribution is 6.31. The zero-order valence-corrected chi connectivity index (χ0v) is 12.1. The van der Waals surface area contributed by atoms with Gasteiger partial charge in [0.1, 0.15) is 11.6 Å². The van der Waals surface area contributed by atoms with Gasteiger partial charge in [-0.15, -0.1) is 0 Å². The molecule has 1 aromatic carbocycles. The molecule has 0 bridgehead atoms. The third kappa shape index (κ3) is 3.36. The number of nitrogens with two attached hydrogens (primary N) is 1. The molecule has 0 aliphatic heterocycles. The highest BCUT2D eigenvalue weighted by Gasteiger charge is 2.17. The van der Waals surface area contributed by atoms with Crippen molar-refractivity contribution in [3.63, 3.8) is 0 Å². The van der Waals surface area contributed by atoms with Crippen molar-refractivity contribution in [2.24, 2.45) is 5.84 Å². The van der Waals surface area contributed by atoms with E-state index in [-0.39, 0.29) is 11.9 Å². The summed E-state index contributed by atoms with van der Waals surface area (Å²) >= 11 is 6.08. The Balaban J connectivity index is 2.22. The van der Waals surface area contributed by atoms with Gasteiger partial charge in [-0.3, -0.25) is 11.3 Å². The van der Waals surface area contributed by atoms with Gasteiger partial charge < -0.3 is 4.57 Å². The van der Waals surface area contributed by atoms with Gasteiger partial charge in [-0.25, -0.2) is 9.37 Å². The van der Waals surface area contributed by atoms with Crippen LogP contribution in [-0.2, 0) is 13.0 Å². The van der Waals surface area contributed by atoms with Crippen LogP contribution < -0.4 is 11.3 Å².